The molecule has 0 bridgehead atoms. The summed E-state index contributed by atoms with van der Waals surface area (Å²) in [5.41, 5.74) is 2.85. The van der Waals surface area contributed by atoms with Gasteiger partial charge in [-0.05, 0) is 30.3 Å². The normalized spacial score (nSPS) is 14.5. The number of fused-ring (bicyclic) bond motifs is 1. The predicted octanol–water partition coefficient (Wildman–Crippen LogP) is 2.31. The molecule has 33 heavy (non-hydrogen) atoms. The van der Waals surface area contributed by atoms with Crippen LogP contribution in [-0.2, 0) is 6.54 Å². The third-order valence-corrected chi connectivity index (χ3v) is 5.95. The van der Waals surface area contributed by atoms with Crippen LogP contribution in [0, 0.1) is 0 Å². The predicted molar refractivity (Wildman–Crippen MR) is 126 cm³/mol. The van der Waals surface area contributed by atoms with E-state index in [2.05, 4.69) is 20.0 Å². The Kier molecular flexibility index (Phi) is 5.91. The minimum absolute atomic E-state index is 0.0386. The van der Waals surface area contributed by atoms with Gasteiger partial charge in [-0.25, -0.2) is 9.67 Å². The van der Waals surface area contributed by atoms with Crippen LogP contribution in [0.2, 0.25) is 0 Å². The monoisotopic (exact) mass is 440 g/mol. The van der Waals surface area contributed by atoms with Crippen LogP contribution in [0.15, 0.2) is 77.9 Å². The number of pyridine rings is 2. The van der Waals surface area contributed by atoms with E-state index in [9.17, 15) is 9.59 Å². The number of para-hydroxylation sites is 1. The largest absolute Gasteiger partial charge is 0.335 e. The number of hydrogen-bond donors (Lipinski definition) is 0. The van der Waals surface area contributed by atoms with Crippen LogP contribution in [0.3, 0.4) is 0 Å². The van der Waals surface area contributed by atoms with Gasteiger partial charge in [0.05, 0.1) is 17.8 Å². The summed E-state index contributed by atoms with van der Waals surface area (Å²) in [6, 6.07) is 18.6. The first-order valence-electron chi connectivity index (χ1n) is 11.0. The Balaban J connectivity index is 1.19. The number of benzene rings is 1. The van der Waals surface area contributed by atoms with E-state index in [1.54, 1.807) is 30.6 Å². The van der Waals surface area contributed by atoms with Gasteiger partial charge >= 0.3 is 0 Å². The highest BCUT2D eigenvalue weighted by Crippen LogP contribution is 2.15. The molecule has 0 N–H and O–H groups in total. The van der Waals surface area contributed by atoms with Gasteiger partial charge in [0, 0.05) is 62.1 Å². The first-order valence-corrected chi connectivity index (χ1v) is 11.0. The van der Waals surface area contributed by atoms with Crippen LogP contribution < -0.4 is 5.56 Å². The number of piperazine rings is 1. The molecule has 4 aromatic rings. The molecule has 1 aliphatic rings. The van der Waals surface area contributed by atoms with Crippen molar-refractivity contribution in [3.8, 4) is 11.3 Å². The molecule has 3 aromatic heterocycles. The standard InChI is InChI=1S/C25H24N6O2/c32-24-8-7-22(20-9-11-26-12-10-20)28-31(24)18-15-29-13-16-30(17-14-29)25(33)23-6-5-19-3-1-2-4-21(19)27-23/h1-12H,13-18H2. The maximum atomic E-state index is 12.9. The molecular weight excluding hydrogens is 416 g/mol. The van der Waals surface area contributed by atoms with Gasteiger partial charge in [-0.15, -0.1) is 0 Å². The van der Waals surface area contributed by atoms with E-state index in [0.29, 0.717) is 31.9 Å². The lowest BCUT2D eigenvalue weighted by Gasteiger charge is -2.34. The third-order valence-electron chi connectivity index (χ3n) is 5.95. The minimum atomic E-state index is -0.121. The number of rotatable bonds is 5. The number of hydrogen-bond acceptors (Lipinski definition) is 6. The van der Waals surface area contributed by atoms with Gasteiger partial charge in [-0.1, -0.05) is 24.3 Å². The number of amides is 1. The molecule has 0 atom stereocenters. The lowest BCUT2D eigenvalue weighted by atomic mass is 10.2. The van der Waals surface area contributed by atoms with Crippen molar-refractivity contribution < 1.29 is 4.79 Å². The quantitative estimate of drug-likeness (QED) is 0.474. The zero-order valence-corrected chi connectivity index (χ0v) is 18.2. The Bertz CT molecular complexity index is 1330. The Morgan fingerprint density at radius 2 is 1.64 bits per heavy atom. The summed E-state index contributed by atoms with van der Waals surface area (Å²) < 4.78 is 1.51. The second-order valence-electron chi connectivity index (χ2n) is 8.04. The summed E-state index contributed by atoms with van der Waals surface area (Å²) in [6.07, 6.45) is 3.42. The Morgan fingerprint density at radius 3 is 2.45 bits per heavy atom. The summed E-state index contributed by atoms with van der Waals surface area (Å²) >= 11 is 0. The number of nitrogens with zero attached hydrogens (tertiary/aromatic N) is 6. The van der Waals surface area contributed by atoms with Gasteiger partial charge in [0.1, 0.15) is 5.69 Å². The molecule has 0 aliphatic carbocycles. The van der Waals surface area contributed by atoms with Crippen LogP contribution in [-0.4, -0.2) is 68.2 Å². The van der Waals surface area contributed by atoms with Crippen molar-refractivity contribution in [2.45, 2.75) is 6.54 Å². The molecular formula is C25H24N6O2. The fourth-order valence-electron chi connectivity index (χ4n) is 4.04. The van der Waals surface area contributed by atoms with Crippen molar-refractivity contribution in [3.63, 3.8) is 0 Å². The van der Waals surface area contributed by atoms with Gasteiger partial charge in [-0.3, -0.25) is 19.5 Å². The minimum Gasteiger partial charge on any atom is -0.335 e. The maximum absolute atomic E-state index is 12.9. The second-order valence-corrected chi connectivity index (χ2v) is 8.04. The highest BCUT2D eigenvalue weighted by Gasteiger charge is 2.23. The van der Waals surface area contributed by atoms with Crippen molar-refractivity contribution in [1.82, 2.24) is 29.5 Å². The molecule has 4 heterocycles. The number of carbonyl (C=O) groups is 1. The smallest absolute Gasteiger partial charge is 0.272 e. The molecule has 8 nitrogen and oxygen atoms in total. The van der Waals surface area contributed by atoms with Crippen molar-refractivity contribution in [2.24, 2.45) is 0 Å². The van der Waals surface area contributed by atoms with Gasteiger partial charge in [0.2, 0.25) is 0 Å². The lowest BCUT2D eigenvalue weighted by Crippen LogP contribution is -2.49. The van der Waals surface area contributed by atoms with Crippen molar-refractivity contribution in [2.75, 3.05) is 32.7 Å². The van der Waals surface area contributed by atoms with E-state index in [1.165, 1.54) is 4.68 Å². The molecule has 0 radical (unpaired) electrons. The summed E-state index contributed by atoms with van der Waals surface area (Å²) in [5.74, 6) is -0.0386. The van der Waals surface area contributed by atoms with E-state index in [0.717, 1.165) is 35.2 Å². The SMILES string of the molecule is O=C(c1ccc2ccccc2n1)N1CCN(CCn2nc(-c3ccncc3)ccc2=O)CC1. The molecule has 166 valence electrons. The second kappa shape index (κ2) is 9.30. The maximum Gasteiger partial charge on any atom is 0.272 e. The summed E-state index contributed by atoms with van der Waals surface area (Å²) in [6.45, 7) is 3.95. The molecule has 8 heteroatoms. The Hall–Kier alpha value is -3.91. The molecule has 5 rings (SSSR count). The fourth-order valence-corrected chi connectivity index (χ4v) is 4.04. The number of aromatic nitrogens is 4. The van der Waals surface area contributed by atoms with E-state index >= 15 is 0 Å². The number of carbonyl (C=O) groups excluding carboxylic acids is 1. The van der Waals surface area contributed by atoms with E-state index in [4.69, 9.17) is 0 Å². The van der Waals surface area contributed by atoms with Crippen LogP contribution in [0.1, 0.15) is 10.5 Å². The van der Waals surface area contributed by atoms with E-state index in [1.807, 2.05) is 47.4 Å². The summed E-state index contributed by atoms with van der Waals surface area (Å²) in [4.78, 5) is 37.9. The van der Waals surface area contributed by atoms with E-state index < -0.39 is 0 Å². The van der Waals surface area contributed by atoms with Crippen LogP contribution in [0.4, 0.5) is 0 Å². The molecule has 1 aromatic carbocycles. The van der Waals surface area contributed by atoms with Gasteiger partial charge in [-0.2, -0.15) is 5.10 Å². The molecule has 0 unspecified atom stereocenters. The average Bonchev–Trinajstić information content (AvgIpc) is 2.88. The third kappa shape index (κ3) is 4.65. The average molecular weight is 441 g/mol. The molecule has 0 saturated carbocycles. The highest BCUT2D eigenvalue weighted by atomic mass is 16.2. The van der Waals surface area contributed by atoms with Crippen molar-refractivity contribution in [3.05, 3.63) is 89.1 Å². The fraction of sp³-hybridized carbons (Fsp3) is 0.240. The van der Waals surface area contributed by atoms with Gasteiger partial charge in [0.15, 0.2) is 0 Å². The van der Waals surface area contributed by atoms with Crippen molar-refractivity contribution >= 4 is 16.8 Å². The molecule has 1 saturated heterocycles. The zero-order chi connectivity index (χ0) is 22.6. The zero-order valence-electron chi connectivity index (χ0n) is 18.2. The highest BCUT2D eigenvalue weighted by molar-refractivity contribution is 5.95. The molecule has 1 aliphatic heterocycles. The van der Waals surface area contributed by atoms with Crippen molar-refractivity contribution in [1.29, 1.82) is 0 Å². The Morgan fingerprint density at radius 1 is 0.848 bits per heavy atom. The van der Waals surface area contributed by atoms with Crippen LogP contribution in [0.5, 0.6) is 0 Å². The van der Waals surface area contributed by atoms with Crippen LogP contribution in [0.25, 0.3) is 22.2 Å². The molecule has 1 amide bonds. The van der Waals surface area contributed by atoms with E-state index in [-0.39, 0.29) is 11.5 Å². The Labute approximate surface area is 191 Å². The molecule has 0 spiro atoms. The molecule has 1 fully saturated rings. The lowest BCUT2D eigenvalue weighted by molar-refractivity contribution is 0.0626. The first-order chi connectivity index (χ1) is 16.2. The summed E-state index contributed by atoms with van der Waals surface area (Å²) in [5, 5.41) is 5.54. The van der Waals surface area contributed by atoms with Crippen LogP contribution >= 0.6 is 0 Å². The first kappa shape index (κ1) is 21.0. The van der Waals surface area contributed by atoms with Gasteiger partial charge < -0.3 is 4.90 Å². The topological polar surface area (TPSA) is 84.2 Å². The van der Waals surface area contributed by atoms with Gasteiger partial charge in [0.25, 0.3) is 11.5 Å². The summed E-state index contributed by atoms with van der Waals surface area (Å²) in [7, 11) is 0.